The third-order valence-electron chi connectivity index (χ3n) is 13.4. The number of piperidine rings is 2. The molecule has 0 spiro atoms. The zero-order valence-corrected chi connectivity index (χ0v) is 47.2. The number of nitrogens with zero attached hydrogens (tertiary/aromatic N) is 14. The highest BCUT2D eigenvalue weighted by atomic mass is 79.9. The van der Waals surface area contributed by atoms with Crippen LogP contribution in [-0.4, -0.2) is 142 Å². The van der Waals surface area contributed by atoms with Crippen molar-refractivity contribution in [2.45, 2.75) is 98.7 Å². The predicted octanol–water partition coefficient (Wildman–Crippen LogP) is 10.2. The van der Waals surface area contributed by atoms with E-state index < -0.39 is 0 Å². The lowest BCUT2D eigenvalue weighted by Gasteiger charge is -2.34. The lowest BCUT2D eigenvalue weighted by molar-refractivity contribution is 0.0820. The maximum atomic E-state index is 12.1. The first kappa shape index (κ1) is 57.3. The highest BCUT2D eigenvalue weighted by Gasteiger charge is 2.28. The molecule has 8 heterocycles. The van der Waals surface area contributed by atoms with Gasteiger partial charge in [-0.3, -0.25) is 9.59 Å². The number of fused-ring (bicyclic) bond motifs is 2. The lowest BCUT2D eigenvalue weighted by atomic mass is 9.92. The van der Waals surface area contributed by atoms with Crippen molar-refractivity contribution >= 4 is 72.2 Å². The van der Waals surface area contributed by atoms with Crippen LogP contribution in [0.25, 0.3) is 32.4 Å². The minimum Gasteiger partial charge on any atom is -0.466 e. The molecule has 2 aromatic carbocycles. The van der Waals surface area contributed by atoms with Crippen molar-refractivity contribution in [3.05, 3.63) is 112 Å². The van der Waals surface area contributed by atoms with Gasteiger partial charge in [0.2, 0.25) is 21.8 Å². The summed E-state index contributed by atoms with van der Waals surface area (Å²) in [7, 11) is 6.97. The van der Waals surface area contributed by atoms with Gasteiger partial charge >= 0.3 is 0 Å². The van der Waals surface area contributed by atoms with Gasteiger partial charge in [-0.15, -0.1) is 10.2 Å². The quantitative estimate of drug-likeness (QED) is 0.108. The van der Waals surface area contributed by atoms with Gasteiger partial charge in [-0.05, 0) is 127 Å². The molecule has 2 atom stereocenters. The highest BCUT2D eigenvalue weighted by molar-refractivity contribution is 9.11. The van der Waals surface area contributed by atoms with Crippen molar-refractivity contribution in [2.75, 3.05) is 64.2 Å². The maximum Gasteiger partial charge on any atom is 0.294 e. The minimum atomic E-state index is -0.194. The first-order chi connectivity index (χ1) is 36.2. The van der Waals surface area contributed by atoms with E-state index in [0.717, 1.165) is 126 Å². The smallest absolute Gasteiger partial charge is 0.294 e. The van der Waals surface area contributed by atoms with Crippen LogP contribution in [0.4, 0.5) is 11.9 Å². The SMILES string of the molecule is C.CCCc1cnc(N2CCC(C(C)O)CC2)nc1.CCCc1cnc(N2CCC(C(C)Oc3nn4cc(-c5ccc(C(=O)N(C)C)cc5)nc4s3)CC2)nc1.CN(C)C(=O)c1ccc(-c2cn3nc(Br)sc3n2)cc1. The topological polar surface area (TPSA) is 188 Å². The molecule has 2 fully saturated rings. The molecule has 21 heteroatoms. The van der Waals surface area contributed by atoms with E-state index in [-0.39, 0.29) is 31.4 Å². The average molecular weight is 1140 g/mol. The Balaban J connectivity index is 0.000000182. The van der Waals surface area contributed by atoms with Crippen LogP contribution in [0.1, 0.15) is 105 Å². The number of halogens is 1. The Hall–Kier alpha value is -6.42. The fourth-order valence-electron chi connectivity index (χ4n) is 9.03. The number of imidazole rings is 2. The molecule has 2 amide bonds. The molecule has 1 N–H and O–H groups in total. The van der Waals surface area contributed by atoms with Gasteiger partial charge in [0.1, 0.15) is 6.10 Å². The fourth-order valence-corrected chi connectivity index (χ4v) is 11.1. The number of aliphatic hydroxyl groups excluding tert-OH is 1. The normalized spacial score (nSPS) is 14.8. The van der Waals surface area contributed by atoms with Gasteiger partial charge in [-0.2, -0.15) is 0 Å². The van der Waals surface area contributed by atoms with E-state index in [2.05, 4.69) is 81.6 Å². The summed E-state index contributed by atoms with van der Waals surface area (Å²) in [6, 6.07) is 14.9. The second-order valence-corrected chi connectivity index (χ2v) is 22.6. The second-order valence-electron chi connectivity index (χ2n) is 19.5. The van der Waals surface area contributed by atoms with Crippen LogP contribution < -0.4 is 14.5 Å². The molecule has 2 aliphatic rings. The van der Waals surface area contributed by atoms with Crippen LogP contribution in [0.2, 0.25) is 0 Å². The Bertz CT molecular complexity index is 3020. The Morgan fingerprint density at radius 1 is 0.658 bits per heavy atom. The number of carbonyl (C=O) groups excluding carboxylic acids is 2. The maximum absolute atomic E-state index is 12.1. The molecular weight excluding hydrogens is 1060 g/mol. The van der Waals surface area contributed by atoms with Crippen molar-refractivity contribution in [1.82, 2.24) is 58.9 Å². The zero-order valence-electron chi connectivity index (χ0n) is 44.0. The average Bonchev–Trinajstić information content (AvgIpc) is 4.21. The van der Waals surface area contributed by atoms with Gasteiger partial charge < -0.3 is 29.4 Å². The molecule has 18 nitrogen and oxygen atoms in total. The minimum absolute atomic E-state index is 0. The second kappa shape index (κ2) is 26.6. The molecular formula is C55H71BrN14O4S2. The summed E-state index contributed by atoms with van der Waals surface area (Å²) in [5, 5.41) is 19.1. The van der Waals surface area contributed by atoms with E-state index in [1.54, 1.807) is 47.0 Å². The van der Waals surface area contributed by atoms with E-state index in [1.807, 2.05) is 92.6 Å². The van der Waals surface area contributed by atoms with E-state index >= 15 is 0 Å². The summed E-state index contributed by atoms with van der Waals surface area (Å²) in [5.41, 5.74) is 7.30. The molecule has 2 unspecified atom stereocenters. The molecule has 404 valence electrons. The summed E-state index contributed by atoms with van der Waals surface area (Å²) in [6.45, 7) is 12.1. The van der Waals surface area contributed by atoms with Crippen molar-refractivity contribution < 1.29 is 19.4 Å². The number of anilines is 2. The number of aliphatic hydroxyl groups is 1. The molecule has 6 aromatic heterocycles. The molecule has 2 saturated heterocycles. The van der Waals surface area contributed by atoms with Crippen LogP contribution >= 0.6 is 38.6 Å². The molecule has 76 heavy (non-hydrogen) atoms. The third kappa shape index (κ3) is 14.5. The van der Waals surface area contributed by atoms with Crippen molar-refractivity contribution in [2.24, 2.45) is 11.8 Å². The number of carbonyl (C=O) groups is 2. The molecule has 8 aromatic rings. The number of aryl methyl sites for hydroxylation is 2. The molecule has 0 aliphatic carbocycles. The fraction of sp³-hybridized carbons (Fsp3) is 0.455. The van der Waals surface area contributed by atoms with Crippen molar-refractivity contribution in [3.63, 3.8) is 0 Å². The van der Waals surface area contributed by atoms with Crippen LogP contribution in [0.3, 0.4) is 0 Å². The summed E-state index contributed by atoms with van der Waals surface area (Å²) < 4.78 is 10.6. The monoisotopic (exact) mass is 1130 g/mol. The van der Waals surface area contributed by atoms with Crippen LogP contribution in [0.5, 0.6) is 5.19 Å². The molecule has 0 radical (unpaired) electrons. The largest absolute Gasteiger partial charge is 0.466 e. The third-order valence-corrected chi connectivity index (χ3v) is 15.6. The van der Waals surface area contributed by atoms with Gasteiger partial charge in [-0.25, -0.2) is 38.9 Å². The number of rotatable bonds is 14. The Morgan fingerprint density at radius 3 is 1.45 bits per heavy atom. The first-order valence-electron chi connectivity index (χ1n) is 25.6. The number of hydrogen-bond donors (Lipinski definition) is 1. The number of hydrogen-bond acceptors (Lipinski definition) is 16. The van der Waals surface area contributed by atoms with Gasteiger partial charge in [0.05, 0.1) is 29.9 Å². The molecule has 2 aliphatic heterocycles. The Labute approximate surface area is 462 Å². The van der Waals surface area contributed by atoms with E-state index in [9.17, 15) is 14.7 Å². The summed E-state index contributed by atoms with van der Waals surface area (Å²) in [4.78, 5) is 60.4. The van der Waals surface area contributed by atoms with E-state index in [1.165, 1.54) is 33.8 Å². The summed E-state index contributed by atoms with van der Waals surface area (Å²) in [5.74, 6) is 2.51. The number of aromatic nitrogens is 10. The number of benzene rings is 2. The van der Waals surface area contributed by atoms with Crippen LogP contribution in [0.15, 0.2) is 89.6 Å². The first-order valence-corrected chi connectivity index (χ1v) is 28.1. The standard InChI is InChI=1S/C27H33N7O2S.C14H23N3O.C13H11BrN4OS.CH4/c1-5-6-19-15-28-25(29-16-19)33-13-11-20(12-14-33)18(2)36-27-31-34-17-23(30-26(34)37-27)21-7-9-22(10-8-21)24(35)32(3)4;1-3-4-12-9-15-14(16-10-12)17-7-5-13(6-8-17)11(2)18;1-17(2)11(19)9-5-3-8(4-6-9)10-7-18-13(15-10)20-12(14)16-18;/h7-10,15-18,20H,5-6,11-14H2,1-4H3;9-11,13,18H,3-8H2,1-2H3;3-7H,1-2H3;1H4. The molecule has 0 bridgehead atoms. The number of ether oxygens (including phenoxy) is 1. The molecule has 10 rings (SSSR count). The predicted molar refractivity (Wildman–Crippen MR) is 307 cm³/mol. The van der Waals surface area contributed by atoms with Gasteiger partial charge in [0.15, 0.2) is 3.92 Å². The van der Waals surface area contributed by atoms with Crippen molar-refractivity contribution in [1.29, 1.82) is 0 Å². The van der Waals surface area contributed by atoms with Gasteiger partial charge in [0.25, 0.3) is 17.0 Å². The van der Waals surface area contributed by atoms with Crippen molar-refractivity contribution in [3.8, 4) is 27.7 Å². The van der Waals surface area contributed by atoms with Crippen LogP contribution in [0, 0.1) is 11.8 Å². The highest BCUT2D eigenvalue weighted by Crippen LogP contribution is 2.31. The Morgan fingerprint density at radius 2 is 1.07 bits per heavy atom. The van der Waals surface area contributed by atoms with E-state index in [4.69, 9.17) is 9.72 Å². The van der Waals surface area contributed by atoms with Gasteiger partial charge in [0, 0.05) is 101 Å². The lowest BCUT2D eigenvalue weighted by Crippen LogP contribution is -2.39. The van der Waals surface area contributed by atoms with E-state index in [0.29, 0.717) is 28.2 Å². The Kier molecular flexibility index (Phi) is 20.0. The molecule has 0 saturated carbocycles. The zero-order chi connectivity index (χ0) is 53.2. The number of amides is 2. The van der Waals surface area contributed by atoms with Crippen LogP contribution in [-0.2, 0) is 12.8 Å². The summed E-state index contributed by atoms with van der Waals surface area (Å²) >= 11 is 6.25. The summed E-state index contributed by atoms with van der Waals surface area (Å²) in [6.07, 6.45) is 19.8. The van der Waals surface area contributed by atoms with Gasteiger partial charge in [-0.1, -0.05) is 69.7 Å².